The third kappa shape index (κ3) is 7.11. The smallest absolute Gasteiger partial charge is 0.193 e. The predicted octanol–water partition coefficient (Wildman–Crippen LogP) is 2.84. The van der Waals surface area contributed by atoms with Crippen LogP contribution >= 0.6 is 11.8 Å². The van der Waals surface area contributed by atoms with E-state index in [0.29, 0.717) is 0 Å². The Morgan fingerprint density at radius 1 is 1.21 bits per heavy atom. The lowest BCUT2D eigenvalue weighted by Gasteiger charge is -2.17. The highest BCUT2D eigenvalue weighted by atomic mass is 32.2. The average molecular weight is 279 g/mol. The second-order valence-corrected chi connectivity index (χ2v) is 5.63. The zero-order valence-electron chi connectivity index (χ0n) is 12.2. The van der Waals surface area contributed by atoms with E-state index in [1.54, 1.807) is 0 Å². The van der Waals surface area contributed by atoms with Crippen LogP contribution < -0.4 is 5.32 Å². The first-order valence-electron chi connectivity index (χ1n) is 6.72. The first-order valence-corrected chi connectivity index (χ1v) is 8.12. The lowest BCUT2D eigenvalue weighted by molar-refractivity contribution is 0.573. The molecule has 0 saturated heterocycles. The first kappa shape index (κ1) is 15.9. The molecule has 19 heavy (non-hydrogen) atoms. The van der Waals surface area contributed by atoms with E-state index in [9.17, 15) is 0 Å². The van der Waals surface area contributed by atoms with E-state index in [0.717, 1.165) is 19.0 Å². The molecule has 1 N–H and O–H groups in total. The number of guanidine groups is 1. The van der Waals surface area contributed by atoms with E-state index in [1.165, 1.54) is 24.2 Å². The Kier molecular flexibility index (Phi) is 8.14. The van der Waals surface area contributed by atoms with E-state index >= 15 is 0 Å². The van der Waals surface area contributed by atoms with Crippen LogP contribution in [0.25, 0.3) is 0 Å². The highest BCUT2D eigenvalue weighted by Gasteiger charge is 2.00. The minimum atomic E-state index is 0.728. The third-order valence-electron chi connectivity index (χ3n) is 2.74. The zero-order chi connectivity index (χ0) is 13.9. The van der Waals surface area contributed by atoms with Crippen molar-refractivity contribution < 1.29 is 0 Å². The Bertz CT molecular complexity index is 363. The molecule has 106 valence electrons. The Hall–Kier alpha value is -1.16. The Balaban J connectivity index is 2.39. The highest BCUT2D eigenvalue weighted by molar-refractivity contribution is 7.98. The quantitative estimate of drug-likeness (QED) is 0.472. The molecule has 1 aromatic rings. The summed E-state index contributed by atoms with van der Waals surface area (Å²) in [5, 5.41) is 3.41. The van der Waals surface area contributed by atoms with Crippen LogP contribution in [0.4, 0.5) is 0 Å². The normalized spacial score (nSPS) is 11.4. The molecule has 0 aliphatic carbocycles. The van der Waals surface area contributed by atoms with Gasteiger partial charge in [0.25, 0.3) is 0 Å². The van der Waals surface area contributed by atoms with Crippen molar-refractivity contribution in [3.8, 4) is 0 Å². The molecule has 0 aliphatic heterocycles. The van der Waals surface area contributed by atoms with E-state index < -0.39 is 0 Å². The third-order valence-corrected chi connectivity index (χ3v) is 3.43. The maximum atomic E-state index is 4.64. The molecular formula is C15H25N3S. The molecular weight excluding hydrogens is 254 g/mol. The molecule has 0 aromatic heterocycles. The van der Waals surface area contributed by atoms with Gasteiger partial charge in [-0.15, -0.1) is 0 Å². The maximum absolute atomic E-state index is 4.64. The van der Waals surface area contributed by atoms with Crippen LogP contribution in [0.5, 0.6) is 0 Å². The summed E-state index contributed by atoms with van der Waals surface area (Å²) in [6, 6.07) is 10.3. The van der Waals surface area contributed by atoms with Crippen molar-refractivity contribution in [1.29, 1.82) is 0 Å². The summed E-state index contributed by atoms with van der Waals surface area (Å²) in [4.78, 5) is 6.68. The molecule has 0 saturated carbocycles. The summed E-state index contributed by atoms with van der Waals surface area (Å²) in [6.45, 7) is 1.72. The van der Waals surface area contributed by atoms with Gasteiger partial charge < -0.3 is 10.2 Å². The number of thioether (sulfide) groups is 1. The van der Waals surface area contributed by atoms with Gasteiger partial charge in [-0.2, -0.15) is 11.8 Å². The predicted molar refractivity (Wildman–Crippen MR) is 86.9 cm³/mol. The number of benzene rings is 1. The molecule has 0 spiro atoms. The molecule has 0 heterocycles. The average Bonchev–Trinajstić information content (AvgIpc) is 2.42. The summed E-state index contributed by atoms with van der Waals surface area (Å²) in [7, 11) is 4.05. The molecule has 3 nitrogen and oxygen atoms in total. The molecule has 0 fully saturated rings. The molecule has 1 aromatic carbocycles. The van der Waals surface area contributed by atoms with Crippen LogP contribution in [0.2, 0.25) is 0 Å². The number of hydrogen-bond acceptors (Lipinski definition) is 2. The van der Waals surface area contributed by atoms with E-state index in [2.05, 4.69) is 40.8 Å². The Morgan fingerprint density at radius 2 is 1.95 bits per heavy atom. The minimum absolute atomic E-state index is 0.728. The van der Waals surface area contributed by atoms with Crippen LogP contribution in [0.3, 0.4) is 0 Å². The van der Waals surface area contributed by atoms with Crippen molar-refractivity contribution in [2.24, 2.45) is 4.99 Å². The summed E-state index contributed by atoms with van der Waals surface area (Å²) in [6.07, 6.45) is 4.60. The summed E-state index contributed by atoms with van der Waals surface area (Å²) in [5.74, 6) is 2.20. The largest absolute Gasteiger partial charge is 0.356 e. The van der Waals surface area contributed by atoms with Crippen LogP contribution in [0, 0.1) is 0 Å². The zero-order valence-corrected chi connectivity index (χ0v) is 13.0. The van der Waals surface area contributed by atoms with E-state index in [1.807, 2.05) is 36.8 Å². The van der Waals surface area contributed by atoms with Gasteiger partial charge in [0.15, 0.2) is 5.96 Å². The van der Waals surface area contributed by atoms with Gasteiger partial charge in [-0.1, -0.05) is 30.3 Å². The van der Waals surface area contributed by atoms with Gasteiger partial charge in [0.1, 0.15) is 0 Å². The van der Waals surface area contributed by atoms with Gasteiger partial charge >= 0.3 is 0 Å². The SMILES string of the molecule is CSCCCCNC(=NCc1ccccc1)N(C)C. The lowest BCUT2D eigenvalue weighted by Crippen LogP contribution is -2.37. The van der Waals surface area contributed by atoms with Crippen molar-refractivity contribution in [3.63, 3.8) is 0 Å². The number of nitrogens with zero attached hydrogens (tertiary/aromatic N) is 2. The van der Waals surface area contributed by atoms with Crippen LogP contribution in [0.1, 0.15) is 18.4 Å². The summed E-state index contributed by atoms with van der Waals surface area (Å²) in [5.41, 5.74) is 1.24. The van der Waals surface area contributed by atoms with Gasteiger partial charge in [-0.25, -0.2) is 4.99 Å². The molecule has 0 unspecified atom stereocenters. The second-order valence-electron chi connectivity index (χ2n) is 4.65. The molecule has 1 rings (SSSR count). The van der Waals surface area contributed by atoms with Crippen molar-refractivity contribution in [2.45, 2.75) is 19.4 Å². The van der Waals surface area contributed by atoms with Crippen LogP contribution in [-0.2, 0) is 6.54 Å². The molecule has 0 radical (unpaired) electrons. The van der Waals surface area contributed by atoms with Gasteiger partial charge in [0.05, 0.1) is 6.54 Å². The van der Waals surface area contributed by atoms with E-state index in [-0.39, 0.29) is 0 Å². The fourth-order valence-electron chi connectivity index (χ4n) is 1.68. The molecule has 0 aliphatic rings. The molecule has 0 amide bonds. The van der Waals surface area contributed by atoms with Crippen molar-refractivity contribution in [2.75, 3.05) is 32.6 Å². The van der Waals surface area contributed by atoms with Crippen LogP contribution in [-0.4, -0.2) is 43.5 Å². The fraction of sp³-hybridized carbons (Fsp3) is 0.533. The summed E-state index contributed by atoms with van der Waals surface area (Å²) < 4.78 is 0. The number of aliphatic imine (C=N–C) groups is 1. The monoisotopic (exact) mass is 279 g/mol. The first-order chi connectivity index (χ1) is 9.24. The maximum Gasteiger partial charge on any atom is 0.193 e. The standard InChI is InChI=1S/C15H25N3S/c1-18(2)15(16-11-7-8-12-19-3)17-13-14-9-5-4-6-10-14/h4-6,9-10H,7-8,11-13H2,1-3H3,(H,16,17). The highest BCUT2D eigenvalue weighted by Crippen LogP contribution is 2.01. The molecule has 4 heteroatoms. The van der Waals surface area contributed by atoms with Crippen molar-refractivity contribution in [1.82, 2.24) is 10.2 Å². The number of nitrogens with one attached hydrogen (secondary N) is 1. The van der Waals surface area contributed by atoms with Crippen LogP contribution in [0.15, 0.2) is 35.3 Å². The minimum Gasteiger partial charge on any atom is -0.356 e. The topological polar surface area (TPSA) is 27.6 Å². The van der Waals surface area contributed by atoms with Crippen molar-refractivity contribution >= 4 is 17.7 Å². The van der Waals surface area contributed by atoms with Gasteiger partial charge in [0, 0.05) is 20.6 Å². The van der Waals surface area contributed by atoms with Gasteiger partial charge in [0.2, 0.25) is 0 Å². The van der Waals surface area contributed by atoms with Gasteiger partial charge in [-0.3, -0.25) is 0 Å². The molecule has 0 atom stereocenters. The van der Waals surface area contributed by atoms with Gasteiger partial charge in [-0.05, 0) is 30.4 Å². The molecule has 0 bridgehead atoms. The fourth-order valence-corrected chi connectivity index (χ4v) is 2.17. The second kappa shape index (κ2) is 9.73. The number of rotatable bonds is 7. The summed E-state index contributed by atoms with van der Waals surface area (Å²) >= 11 is 1.91. The van der Waals surface area contributed by atoms with E-state index in [4.69, 9.17) is 0 Å². The lowest BCUT2D eigenvalue weighted by atomic mass is 10.2. The van der Waals surface area contributed by atoms with Crippen molar-refractivity contribution in [3.05, 3.63) is 35.9 Å². The Morgan fingerprint density at radius 3 is 2.58 bits per heavy atom. The number of hydrogen-bond donors (Lipinski definition) is 1. The Labute approximate surface area is 121 Å². The number of unbranched alkanes of at least 4 members (excludes halogenated alkanes) is 1.